The summed E-state index contributed by atoms with van der Waals surface area (Å²) in [6.45, 7) is 11.0. The number of nitrogens with one attached hydrogen (secondary N) is 2. The Morgan fingerprint density at radius 3 is 2.53 bits per heavy atom. The first-order valence-corrected chi connectivity index (χ1v) is 27.8. The van der Waals surface area contributed by atoms with Gasteiger partial charge in [0, 0.05) is 84.7 Å². The fourth-order valence-electron chi connectivity index (χ4n) is 12.1. The molecule has 4 atom stereocenters. The number of anilines is 1. The highest BCUT2D eigenvalue weighted by molar-refractivity contribution is 7.13. The van der Waals surface area contributed by atoms with E-state index >= 15 is 0 Å². The maximum atomic E-state index is 14.2. The van der Waals surface area contributed by atoms with Crippen LogP contribution in [0.1, 0.15) is 117 Å². The van der Waals surface area contributed by atoms with Crippen LogP contribution in [0.2, 0.25) is 0 Å². The quantitative estimate of drug-likeness (QED) is 0.0710. The number of aliphatic hydroxyl groups excluding tert-OH is 1. The summed E-state index contributed by atoms with van der Waals surface area (Å²) in [7, 11) is 0. The van der Waals surface area contributed by atoms with Crippen molar-refractivity contribution < 1.29 is 33.8 Å². The topological polar surface area (TPSA) is 221 Å². The standard InChI is InChI=1S/C58H65N11O7S/c1-6-23-74-51-27-50(76-66-51)52(33(2)3)57(73)69-31-41(70)25-47(69)56(72)59-28-38-12-11-37(54-34(4)62-32-77-54)24-49(38)75-42-15-13-40(14-16-42)67-20-17-36(18-21-67)39-29-60-58(61-30-39)68-22-19-45-53(35(68)5)44-26-46(64-65-55(44)63-45)43-9-7-8-10-48(43)71/h1,7-12,24,26-27,29-30,32-33,35-36,40-42,47,52,70-71H,13-23,25,28,31H2,2-5H3,(H,59,72)(H,63,65)/t35-,40?,41-,42?,47+,52?/m1/s1. The fourth-order valence-corrected chi connectivity index (χ4v) is 12.9. The van der Waals surface area contributed by atoms with Crippen molar-refractivity contribution in [3.05, 3.63) is 106 Å². The predicted molar refractivity (Wildman–Crippen MR) is 291 cm³/mol. The summed E-state index contributed by atoms with van der Waals surface area (Å²) in [5.41, 5.74) is 10.1. The molecule has 400 valence electrons. The first kappa shape index (κ1) is 51.7. The van der Waals surface area contributed by atoms with E-state index in [4.69, 9.17) is 30.4 Å². The summed E-state index contributed by atoms with van der Waals surface area (Å²) in [4.78, 5) is 53.6. The minimum absolute atomic E-state index is 0.00336. The van der Waals surface area contributed by atoms with Gasteiger partial charge in [-0.05, 0) is 118 Å². The highest BCUT2D eigenvalue weighted by atomic mass is 32.1. The lowest BCUT2D eigenvalue weighted by Gasteiger charge is -2.41. The van der Waals surface area contributed by atoms with Crippen molar-refractivity contribution in [1.82, 2.24) is 50.4 Å². The third-order valence-corrected chi connectivity index (χ3v) is 17.1. The summed E-state index contributed by atoms with van der Waals surface area (Å²) in [6.07, 6.45) is 15.4. The first-order valence-electron chi connectivity index (χ1n) is 26.9. The number of aromatic amines is 1. The van der Waals surface area contributed by atoms with Gasteiger partial charge in [0.15, 0.2) is 18.0 Å². The molecule has 3 fully saturated rings. The lowest BCUT2D eigenvalue weighted by atomic mass is 9.87. The summed E-state index contributed by atoms with van der Waals surface area (Å²) < 4.78 is 17.8. The number of nitrogens with zero attached hydrogens (tertiary/aromatic N) is 9. The van der Waals surface area contributed by atoms with E-state index in [1.165, 1.54) is 10.5 Å². The number of phenolic OH excluding ortho intramolecular Hbond substituents is 1. The molecular formula is C58H65N11O7S. The molecule has 8 heterocycles. The Morgan fingerprint density at radius 1 is 1.00 bits per heavy atom. The van der Waals surface area contributed by atoms with E-state index in [2.05, 4.69) is 59.3 Å². The Hall–Kier alpha value is -7.40. The predicted octanol–water partition coefficient (Wildman–Crippen LogP) is 8.26. The number of aliphatic hydroxyl groups is 1. The van der Waals surface area contributed by atoms with Crippen molar-refractivity contribution in [3.63, 3.8) is 0 Å². The molecule has 11 rings (SSSR count). The number of hydrogen-bond acceptors (Lipinski definition) is 16. The largest absolute Gasteiger partial charge is 0.507 e. The average molecular weight is 1060 g/mol. The summed E-state index contributed by atoms with van der Waals surface area (Å²) in [5.74, 6) is 3.22. The number of carbonyl (C=O) groups is 2. The minimum atomic E-state index is -0.882. The molecule has 4 N–H and O–H groups in total. The normalized spacial score (nSPS) is 21.5. The van der Waals surface area contributed by atoms with Crippen LogP contribution in [0.25, 0.3) is 32.7 Å². The number of hydrogen-bond donors (Lipinski definition) is 4. The lowest BCUT2D eigenvalue weighted by molar-refractivity contribution is -0.141. The van der Waals surface area contributed by atoms with Gasteiger partial charge in [-0.1, -0.05) is 44.0 Å². The molecule has 7 aromatic rings. The van der Waals surface area contributed by atoms with Gasteiger partial charge < -0.3 is 49.2 Å². The highest BCUT2D eigenvalue weighted by Crippen LogP contribution is 2.41. The van der Waals surface area contributed by atoms with Gasteiger partial charge in [0.2, 0.25) is 17.8 Å². The van der Waals surface area contributed by atoms with Crippen molar-refractivity contribution in [2.45, 2.75) is 128 Å². The van der Waals surface area contributed by atoms with Crippen molar-refractivity contribution in [1.29, 1.82) is 0 Å². The number of aryl methyl sites for hydroxylation is 1. The molecule has 2 amide bonds. The van der Waals surface area contributed by atoms with E-state index in [9.17, 15) is 19.8 Å². The number of ether oxygens (including phenoxy) is 2. The zero-order valence-corrected chi connectivity index (χ0v) is 44.7. The van der Waals surface area contributed by atoms with Crippen LogP contribution in [0.3, 0.4) is 0 Å². The highest BCUT2D eigenvalue weighted by Gasteiger charge is 2.43. The molecule has 18 nitrogen and oxygen atoms in total. The Bertz CT molecular complexity index is 3280. The van der Waals surface area contributed by atoms with Gasteiger partial charge in [-0.15, -0.1) is 28.0 Å². The van der Waals surface area contributed by atoms with Crippen LogP contribution in [0.4, 0.5) is 5.95 Å². The zero-order chi connectivity index (χ0) is 53.3. The second kappa shape index (κ2) is 22.3. The van der Waals surface area contributed by atoms with Gasteiger partial charge in [-0.3, -0.25) is 9.59 Å². The number of likely N-dealkylation sites (tertiary alicyclic amines) is 2. The van der Waals surface area contributed by atoms with Gasteiger partial charge >= 0.3 is 0 Å². The Kier molecular flexibility index (Phi) is 15.0. The summed E-state index contributed by atoms with van der Waals surface area (Å²) >= 11 is 1.58. The molecule has 19 heteroatoms. The van der Waals surface area contributed by atoms with Gasteiger partial charge in [0.1, 0.15) is 23.5 Å². The number of carbonyl (C=O) groups excluding carboxylic acids is 2. The molecule has 0 bridgehead atoms. The maximum absolute atomic E-state index is 14.2. The van der Waals surface area contributed by atoms with Gasteiger partial charge in [-0.25, -0.2) is 15.0 Å². The molecule has 1 aliphatic carbocycles. The van der Waals surface area contributed by atoms with E-state index in [1.807, 2.05) is 69.0 Å². The van der Waals surface area contributed by atoms with Crippen LogP contribution in [-0.2, 0) is 22.6 Å². The molecule has 0 radical (unpaired) electrons. The van der Waals surface area contributed by atoms with E-state index in [0.717, 1.165) is 115 Å². The monoisotopic (exact) mass is 1060 g/mol. The molecule has 4 aliphatic rings. The average Bonchev–Trinajstić information content (AvgIpc) is 4.31. The van der Waals surface area contributed by atoms with Crippen LogP contribution < -0.4 is 19.7 Å². The zero-order valence-electron chi connectivity index (χ0n) is 43.9. The van der Waals surface area contributed by atoms with Crippen molar-refractivity contribution >= 4 is 40.1 Å². The van der Waals surface area contributed by atoms with Crippen molar-refractivity contribution in [2.24, 2.45) is 5.92 Å². The van der Waals surface area contributed by atoms with Crippen LogP contribution in [-0.4, -0.2) is 124 Å². The van der Waals surface area contributed by atoms with Crippen LogP contribution in [0.5, 0.6) is 17.4 Å². The number of fused-ring (bicyclic) bond motifs is 3. The maximum Gasteiger partial charge on any atom is 0.255 e. The third-order valence-electron chi connectivity index (χ3n) is 16.2. The molecular weight excluding hydrogens is 995 g/mol. The van der Waals surface area contributed by atoms with Gasteiger partial charge in [0.05, 0.1) is 40.0 Å². The Balaban J connectivity index is 0.697. The number of thiazole rings is 1. The number of para-hydroxylation sites is 1. The molecule has 1 saturated carbocycles. The SMILES string of the molecule is C#CCOc1cc(C(C(=O)N2C[C@H](O)C[C@H]2C(=O)NCc2ccc(-c3scnc3C)cc2OC2CCC(N3CCC(c4cnc(N5CCc6[nH]c7nnc(-c8ccccc8O)cc7c6[C@H]5C)nc4)CC3)CC2)C(C)C)on1. The summed E-state index contributed by atoms with van der Waals surface area (Å²) in [6, 6.07) is 16.5. The molecule has 2 saturated heterocycles. The lowest BCUT2D eigenvalue weighted by Crippen LogP contribution is -2.48. The smallest absolute Gasteiger partial charge is 0.255 e. The van der Waals surface area contributed by atoms with Gasteiger partial charge in [-0.2, -0.15) is 0 Å². The van der Waals surface area contributed by atoms with E-state index in [-0.39, 0.29) is 67.6 Å². The number of rotatable bonds is 15. The summed E-state index contributed by atoms with van der Waals surface area (Å²) in [5, 5.41) is 38.3. The molecule has 0 spiro atoms. The first-order chi connectivity index (χ1) is 37.4. The molecule has 3 aliphatic heterocycles. The number of phenols is 1. The van der Waals surface area contributed by atoms with E-state index in [0.29, 0.717) is 34.7 Å². The molecule has 1 unspecified atom stereocenters. The van der Waals surface area contributed by atoms with Gasteiger partial charge in [0.25, 0.3) is 5.88 Å². The number of aromatic nitrogens is 7. The number of H-pyrrole nitrogens is 1. The van der Waals surface area contributed by atoms with Crippen LogP contribution in [0.15, 0.2) is 77.0 Å². The molecule has 5 aromatic heterocycles. The number of β-amino-alcohol motifs (C(OH)–C–C–N with tert-alkyl or cyclic N) is 1. The van der Waals surface area contributed by atoms with Crippen LogP contribution in [0, 0.1) is 25.2 Å². The molecule has 2 aromatic carbocycles. The second-order valence-electron chi connectivity index (χ2n) is 21.3. The number of benzene rings is 2. The number of aromatic hydroxyl groups is 1. The van der Waals surface area contributed by atoms with Crippen molar-refractivity contribution in [2.75, 3.05) is 37.7 Å². The fraction of sp³-hybridized carbons (Fsp3) is 0.448. The number of amides is 2. The Labute approximate surface area is 451 Å². The Morgan fingerprint density at radius 2 is 1.79 bits per heavy atom. The van der Waals surface area contributed by atoms with E-state index in [1.54, 1.807) is 29.5 Å². The van der Waals surface area contributed by atoms with Crippen LogP contribution >= 0.6 is 11.3 Å². The van der Waals surface area contributed by atoms with E-state index < -0.39 is 18.1 Å². The molecule has 77 heavy (non-hydrogen) atoms. The number of piperidine rings is 1. The third kappa shape index (κ3) is 10.7. The number of terminal acetylenes is 1. The second-order valence-corrected chi connectivity index (χ2v) is 22.2. The van der Waals surface area contributed by atoms with Crippen molar-refractivity contribution in [3.8, 4) is 51.4 Å². The minimum Gasteiger partial charge on any atom is -0.507 e.